The van der Waals surface area contributed by atoms with Gasteiger partial charge in [-0.15, -0.1) is 0 Å². The van der Waals surface area contributed by atoms with E-state index >= 15 is 0 Å². The lowest BCUT2D eigenvalue weighted by molar-refractivity contribution is -0.132. The zero-order valence-electron chi connectivity index (χ0n) is 7.32. The summed E-state index contributed by atoms with van der Waals surface area (Å²) in [6, 6.07) is 0. The van der Waals surface area contributed by atoms with Crippen molar-refractivity contribution in [3.8, 4) is 0 Å². The highest BCUT2D eigenvalue weighted by molar-refractivity contribution is 5.90. The zero-order valence-corrected chi connectivity index (χ0v) is 7.32. The van der Waals surface area contributed by atoms with Crippen LogP contribution in [0.5, 0.6) is 0 Å². The van der Waals surface area contributed by atoms with E-state index in [1.54, 1.807) is 0 Å². The minimum atomic E-state index is -1.04. The van der Waals surface area contributed by atoms with Crippen molar-refractivity contribution in [3.05, 3.63) is 36.6 Å². The quantitative estimate of drug-likeness (QED) is 0.399. The van der Waals surface area contributed by atoms with Gasteiger partial charge in [-0.25, -0.2) is 4.79 Å². The van der Waals surface area contributed by atoms with Crippen molar-refractivity contribution >= 4 is 5.97 Å². The Labute approximate surface area is 77.0 Å². The monoisotopic (exact) mass is 180 g/mol. The van der Waals surface area contributed by atoms with Crippen molar-refractivity contribution in [3.63, 3.8) is 0 Å². The van der Waals surface area contributed by atoms with Crippen LogP contribution < -0.4 is 0 Å². The number of hydrogen-bond acceptors (Lipinski definition) is 2. The van der Waals surface area contributed by atoms with Crippen molar-refractivity contribution in [1.82, 2.24) is 0 Å². The smallest absolute Gasteiger partial charge is 0.339 e. The Balaban J connectivity index is 2.83. The van der Waals surface area contributed by atoms with Crippen LogP contribution in [0.25, 0.3) is 0 Å². The van der Waals surface area contributed by atoms with Gasteiger partial charge in [0.2, 0.25) is 0 Å². The van der Waals surface area contributed by atoms with Gasteiger partial charge in [0.1, 0.15) is 11.3 Å². The van der Waals surface area contributed by atoms with Gasteiger partial charge in [0.15, 0.2) is 0 Å². The number of ether oxygens (including phenoxy) is 1. The molecule has 0 spiro atoms. The van der Waals surface area contributed by atoms with Crippen LogP contribution in [-0.2, 0) is 9.53 Å². The molecule has 70 valence electrons. The van der Waals surface area contributed by atoms with E-state index in [2.05, 4.69) is 13.2 Å². The van der Waals surface area contributed by atoms with E-state index in [9.17, 15) is 4.79 Å². The molecule has 0 aromatic heterocycles. The SMILES string of the molecule is C=C/C(OC1CC1)=C(\C=C)C(=O)O. The molecule has 0 saturated heterocycles. The summed E-state index contributed by atoms with van der Waals surface area (Å²) in [5, 5.41) is 8.75. The number of hydrogen-bond donors (Lipinski definition) is 1. The molecule has 0 aromatic rings. The minimum Gasteiger partial charge on any atom is -0.490 e. The van der Waals surface area contributed by atoms with Gasteiger partial charge in [-0.1, -0.05) is 19.2 Å². The van der Waals surface area contributed by atoms with Gasteiger partial charge in [0, 0.05) is 0 Å². The summed E-state index contributed by atoms with van der Waals surface area (Å²) >= 11 is 0. The molecule has 0 aliphatic heterocycles. The van der Waals surface area contributed by atoms with Crippen LogP contribution in [-0.4, -0.2) is 17.2 Å². The third-order valence-corrected chi connectivity index (χ3v) is 1.70. The van der Waals surface area contributed by atoms with Gasteiger partial charge >= 0.3 is 5.97 Å². The molecular weight excluding hydrogens is 168 g/mol. The second kappa shape index (κ2) is 3.94. The first-order valence-electron chi connectivity index (χ1n) is 4.08. The molecule has 3 nitrogen and oxygen atoms in total. The van der Waals surface area contributed by atoms with E-state index in [0.717, 1.165) is 12.8 Å². The van der Waals surface area contributed by atoms with Crippen molar-refractivity contribution in [1.29, 1.82) is 0 Å². The Hall–Kier alpha value is -1.51. The van der Waals surface area contributed by atoms with Crippen LogP contribution in [0.4, 0.5) is 0 Å². The second-order valence-corrected chi connectivity index (χ2v) is 2.81. The summed E-state index contributed by atoms with van der Waals surface area (Å²) in [6.07, 6.45) is 4.82. The number of allylic oxidation sites excluding steroid dienone is 1. The third kappa shape index (κ3) is 2.47. The van der Waals surface area contributed by atoms with E-state index in [1.807, 2.05) is 0 Å². The van der Waals surface area contributed by atoms with Gasteiger partial charge in [-0.3, -0.25) is 0 Å². The Morgan fingerprint density at radius 2 is 2.00 bits per heavy atom. The Morgan fingerprint density at radius 1 is 1.38 bits per heavy atom. The van der Waals surface area contributed by atoms with E-state index < -0.39 is 5.97 Å². The highest BCUT2D eigenvalue weighted by Crippen LogP contribution is 2.27. The maximum absolute atomic E-state index is 10.7. The normalized spacial score (nSPS) is 17.2. The number of carbonyl (C=O) groups is 1. The average molecular weight is 180 g/mol. The number of carboxylic acid groups (broad SMARTS) is 1. The van der Waals surface area contributed by atoms with E-state index in [1.165, 1.54) is 12.2 Å². The van der Waals surface area contributed by atoms with Gasteiger partial charge in [-0.05, 0) is 18.9 Å². The molecule has 1 aliphatic rings. The fourth-order valence-electron chi connectivity index (χ4n) is 0.880. The number of aliphatic carboxylic acids is 1. The van der Waals surface area contributed by atoms with E-state index in [-0.39, 0.29) is 11.7 Å². The summed E-state index contributed by atoms with van der Waals surface area (Å²) in [4.78, 5) is 10.7. The van der Waals surface area contributed by atoms with Crippen LogP contribution in [0.3, 0.4) is 0 Å². The molecule has 3 heteroatoms. The Bertz CT molecular complexity index is 272. The van der Waals surface area contributed by atoms with Crippen LogP contribution in [0.15, 0.2) is 36.6 Å². The zero-order chi connectivity index (χ0) is 9.84. The average Bonchev–Trinajstić information content (AvgIpc) is 2.87. The summed E-state index contributed by atoms with van der Waals surface area (Å²) in [6.45, 7) is 6.91. The van der Waals surface area contributed by atoms with Crippen molar-refractivity contribution in [2.45, 2.75) is 18.9 Å². The van der Waals surface area contributed by atoms with Gasteiger partial charge in [0.25, 0.3) is 0 Å². The third-order valence-electron chi connectivity index (χ3n) is 1.70. The van der Waals surface area contributed by atoms with E-state index in [0.29, 0.717) is 5.76 Å². The lowest BCUT2D eigenvalue weighted by Crippen LogP contribution is -2.04. The Kier molecular flexibility index (Phi) is 2.90. The molecule has 0 amide bonds. The molecule has 0 bridgehead atoms. The molecule has 0 unspecified atom stereocenters. The first-order valence-corrected chi connectivity index (χ1v) is 4.08. The van der Waals surface area contributed by atoms with Gasteiger partial charge in [-0.2, -0.15) is 0 Å². The predicted molar refractivity (Wildman–Crippen MR) is 49.2 cm³/mol. The molecule has 1 aliphatic carbocycles. The Morgan fingerprint density at radius 3 is 2.31 bits per heavy atom. The highest BCUT2D eigenvalue weighted by atomic mass is 16.5. The topological polar surface area (TPSA) is 46.5 Å². The standard InChI is InChI=1S/C10H12O3/c1-3-8(10(11)12)9(4-2)13-7-5-6-7/h3-4,7H,1-2,5-6H2,(H,11,12)/b9-8-. The van der Waals surface area contributed by atoms with Crippen molar-refractivity contribution in [2.75, 3.05) is 0 Å². The fraction of sp³-hybridized carbons (Fsp3) is 0.300. The summed E-state index contributed by atoms with van der Waals surface area (Å²) in [5.41, 5.74) is 0.0712. The van der Waals surface area contributed by atoms with Crippen molar-refractivity contribution in [2.24, 2.45) is 0 Å². The van der Waals surface area contributed by atoms with Crippen LogP contribution in [0.1, 0.15) is 12.8 Å². The summed E-state index contributed by atoms with van der Waals surface area (Å²) in [7, 11) is 0. The summed E-state index contributed by atoms with van der Waals surface area (Å²) in [5.74, 6) is -0.726. The summed E-state index contributed by atoms with van der Waals surface area (Å²) < 4.78 is 5.33. The molecule has 1 fully saturated rings. The lowest BCUT2D eigenvalue weighted by atomic mass is 10.2. The molecule has 1 saturated carbocycles. The molecule has 0 atom stereocenters. The van der Waals surface area contributed by atoms with Crippen LogP contribution in [0.2, 0.25) is 0 Å². The van der Waals surface area contributed by atoms with Crippen molar-refractivity contribution < 1.29 is 14.6 Å². The molecule has 0 radical (unpaired) electrons. The molecule has 0 aromatic carbocycles. The van der Waals surface area contributed by atoms with Crippen LogP contribution in [0, 0.1) is 0 Å². The fourth-order valence-corrected chi connectivity index (χ4v) is 0.880. The molecule has 0 heterocycles. The first kappa shape index (κ1) is 9.58. The largest absolute Gasteiger partial charge is 0.490 e. The molecule has 13 heavy (non-hydrogen) atoms. The molecule has 1 N–H and O–H groups in total. The predicted octanol–water partition coefficient (Wildman–Crippen LogP) is 1.88. The molecule has 1 rings (SSSR count). The van der Waals surface area contributed by atoms with Crippen LogP contribution >= 0.6 is 0 Å². The maximum Gasteiger partial charge on any atom is 0.339 e. The van der Waals surface area contributed by atoms with Gasteiger partial charge in [0.05, 0.1) is 6.10 Å². The second-order valence-electron chi connectivity index (χ2n) is 2.81. The molecular formula is C10H12O3. The lowest BCUT2D eigenvalue weighted by Gasteiger charge is -2.06. The van der Waals surface area contributed by atoms with E-state index in [4.69, 9.17) is 9.84 Å². The highest BCUT2D eigenvalue weighted by Gasteiger charge is 2.25. The number of carboxylic acids is 1. The maximum atomic E-state index is 10.7. The van der Waals surface area contributed by atoms with Gasteiger partial charge < -0.3 is 9.84 Å². The minimum absolute atomic E-state index is 0.0712. The number of rotatable bonds is 5. The first-order chi connectivity index (χ1) is 6.19.